The van der Waals surface area contributed by atoms with E-state index in [0.717, 1.165) is 11.3 Å². The summed E-state index contributed by atoms with van der Waals surface area (Å²) < 4.78 is 11.2. The van der Waals surface area contributed by atoms with Gasteiger partial charge in [-0.2, -0.15) is 0 Å². The molecular formula is C16H18N2O3. The van der Waals surface area contributed by atoms with Crippen LogP contribution in [0.5, 0.6) is 17.2 Å². The van der Waals surface area contributed by atoms with Crippen molar-refractivity contribution in [2.45, 2.75) is 13.8 Å². The van der Waals surface area contributed by atoms with Crippen LogP contribution in [0.1, 0.15) is 18.1 Å². The van der Waals surface area contributed by atoms with Gasteiger partial charge in [-0.15, -0.1) is 0 Å². The highest BCUT2D eigenvalue weighted by Gasteiger charge is 2.10. The summed E-state index contributed by atoms with van der Waals surface area (Å²) in [6.07, 6.45) is 0. The summed E-state index contributed by atoms with van der Waals surface area (Å²) in [7, 11) is 0. The fraction of sp³-hybridized carbons (Fsp3) is 0.188. The van der Waals surface area contributed by atoms with Gasteiger partial charge in [-0.25, -0.2) is 0 Å². The summed E-state index contributed by atoms with van der Waals surface area (Å²) in [5.74, 6) is 1.98. The van der Waals surface area contributed by atoms with Crippen molar-refractivity contribution >= 4 is 5.84 Å². The van der Waals surface area contributed by atoms with Gasteiger partial charge in [0.2, 0.25) is 0 Å². The number of hydrogen-bond acceptors (Lipinski definition) is 4. The molecule has 0 heterocycles. The molecule has 0 amide bonds. The van der Waals surface area contributed by atoms with Gasteiger partial charge in [-0.05, 0) is 55.8 Å². The first kappa shape index (κ1) is 14.7. The molecule has 3 N–H and O–H groups in total. The van der Waals surface area contributed by atoms with Crippen molar-refractivity contribution in [1.29, 1.82) is 0 Å². The third-order valence-electron chi connectivity index (χ3n) is 2.88. The van der Waals surface area contributed by atoms with E-state index in [1.807, 2.05) is 50.2 Å². The van der Waals surface area contributed by atoms with Crippen LogP contribution in [0.15, 0.2) is 47.6 Å². The highest BCUT2D eigenvalue weighted by Crippen LogP contribution is 2.28. The van der Waals surface area contributed by atoms with Gasteiger partial charge in [0.25, 0.3) is 0 Å². The summed E-state index contributed by atoms with van der Waals surface area (Å²) in [6.45, 7) is 4.49. The first-order valence-electron chi connectivity index (χ1n) is 6.63. The Hall–Kier alpha value is -2.69. The molecule has 0 spiro atoms. The Morgan fingerprint density at radius 1 is 1.14 bits per heavy atom. The van der Waals surface area contributed by atoms with Gasteiger partial charge >= 0.3 is 0 Å². The average Bonchev–Trinajstić information content (AvgIpc) is 2.49. The Morgan fingerprint density at radius 3 is 2.43 bits per heavy atom. The van der Waals surface area contributed by atoms with Gasteiger partial charge < -0.3 is 20.4 Å². The molecule has 0 radical (unpaired) electrons. The van der Waals surface area contributed by atoms with Crippen LogP contribution >= 0.6 is 0 Å². The van der Waals surface area contributed by atoms with Crippen molar-refractivity contribution in [1.82, 2.24) is 0 Å². The van der Waals surface area contributed by atoms with Crippen LogP contribution in [0.2, 0.25) is 0 Å². The Balaban J connectivity index is 2.28. The molecule has 0 aliphatic heterocycles. The van der Waals surface area contributed by atoms with E-state index < -0.39 is 0 Å². The highest BCUT2D eigenvalue weighted by molar-refractivity contribution is 5.99. The van der Waals surface area contributed by atoms with Crippen molar-refractivity contribution in [3.05, 3.63) is 53.6 Å². The van der Waals surface area contributed by atoms with Gasteiger partial charge in [0.15, 0.2) is 5.84 Å². The van der Waals surface area contributed by atoms with Gasteiger partial charge in [0.1, 0.15) is 17.2 Å². The topological polar surface area (TPSA) is 77.1 Å². The second-order valence-corrected chi connectivity index (χ2v) is 4.49. The minimum Gasteiger partial charge on any atom is -0.494 e. The quantitative estimate of drug-likeness (QED) is 0.383. The number of benzene rings is 2. The molecule has 0 saturated heterocycles. The summed E-state index contributed by atoms with van der Waals surface area (Å²) >= 11 is 0. The van der Waals surface area contributed by atoms with E-state index in [0.29, 0.717) is 23.7 Å². The molecule has 0 fully saturated rings. The molecule has 0 bridgehead atoms. The van der Waals surface area contributed by atoms with Gasteiger partial charge in [0, 0.05) is 0 Å². The number of rotatable bonds is 5. The summed E-state index contributed by atoms with van der Waals surface area (Å²) in [5, 5.41) is 11.9. The SMILES string of the molecule is CCOc1ccc(Oc2cc(C)ccc2C(N)=NO)cc1. The van der Waals surface area contributed by atoms with E-state index in [9.17, 15) is 0 Å². The monoisotopic (exact) mass is 286 g/mol. The number of nitrogens with zero attached hydrogens (tertiary/aromatic N) is 1. The van der Waals surface area contributed by atoms with Crippen LogP contribution in [-0.4, -0.2) is 17.6 Å². The Bertz CT molecular complexity index is 636. The van der Waals surface area contributed by atoms with Crippen LogP contribution in [-0.2, 0) is 0 Å². The second kappa shape index (κ2) is 6.65. The van der Waals surface area contributed by atoms with Crippen molar-refractivity contribution in [2.75, 3.05) is 6.61 Å². The van der Waals surface area contributed by atoms with Crippen LogP contribution < -0.4 is 15.2 Å². The number of aryl methyl sites for hydroxylation is 1. The minimum atomic E-state index is 0.0101. The molecule has 5 nitrogen and oxygen atoms in total. The first-order chi connectivity index (χ1) is 10.1. The maximum Gasteiger partial charge on any atom is 0.173 e. The van der Waals surface area contributed by atoms with Crippen molar-refractivity contribution in [2.24, 2.45) is 10.9 Å². The summed E-state index contributed by atoms with van der Waals surface area (Å²) in [5.41, 5.74) is 7.22. The molecule has 2 aromatic rings. The summed E-state index contributed by atoms with van der Waals surface area (Å²) in [4.78, 5) is 0. The third kappa shape index (κ3) is 3.66. The molecule has 0 aliphatic carbocycles. The molecule has 0 saturated carbocycles. The van der Waals surface area contributed by atoms with Crippen LogP contribution in [0.25, 0.3) is 0 Å². The predicted octanol–water partition coefficient (Wildman–Crippen LogP) is 3.28. The zero-order chi connectivity index (χ0) is 15.2. The molecule has 0 aromatic heterocycles. The molecular weight excluding hydrogens is 268 g/mol. The normalized spacial score (nSPS) is 11.2. The van der Waals surface area contributed by atoms with Gasteiger partial charge in [-0.1, -0.05) is 11.2 Å². The van der Waals surface area contributed by atoms with E-state index >= 15 is 0 Å². The number of nitrogens with two attached hydrogens (primary N) is 1. The minimum absolute atomic E-state index is 0.0101. The number of hydrogen-bond donors (Lipinski definition) is 2. The van der Waals surface area contributed by atoms with E-state index in [-0.39, 0.29) is 5.84 Å². The Morgan fingerprint density at radius 2 is 1.81 bits per heavy atom. The maximum atomic E-state index is 8.83. The van der Waals surface area contributed by atoms with Crippen LogP contribution in [0.4, 0.5) is 0 Å². The molecule has 0 aliphatic rings. The zero-order valence-corrected chi connectivity index (χ0v) is 12.0. The predicted molar refractivity (Wildman–Crippen MR) is 81.4 cm³/mol. The lowest BCUT2D eigenvalue weighted by molar-refractivity contribution is 0.318. The third-order valence-corrected chi connectivity index (χ3v) is 2.88. The lowest BCUT2D eigenvalue weighted by atomic mass is 10.1. The standard InChI is InChI=1S/C16H18N2O3/c1-3-20-12-5-7-13(8-6-12)21-15-10-11(2)4-9-14(15)16(17)18-19/h4-10,19H,3H2,1-2H3,(H2,17,18). The number of oxime groups is 1. The fourth-order valence-electron chi connectivity index (χ4n) is 1.88. The second-order valence-electron chi connectivity index (χ2n) is 4.49. The lowest BCUT2D eigenvalue weighted by Crippen LogP contribution is -2.14. The zero-order valence-electron chi connectivity index (χ0n) is 12.0. The smallest absolute Gasteiger partial charge is 0.173 e. The number of amidine groups is 1. The maximum absolute atomic E-state index is 8.83. The highest BCUT2D eigenvalue weighted by atomic mass is 16.5. The lowest BCUT2D eigenvalue weighted by Gasteiger charge is -2.12. The Kier molecular flexibility index (Phi) is 4.66. The van der Waals surface area contributed by atoms with Crippen molar-refractivity contribution < 1.29 is 14.7 Å². The van der Waals surface area contributed by atoms with Crippen LogP contribution in [0.3, 0.4) is 0 Å². The Labute approximate surface area is 123 Å². The van der Waals surface area contributed by atoms with Gasteiger partial charge in [0.05, 0.1) is 12.2 Å². The summed E-state index contributed by atoms with van der Waals surface area (Å²) in [6, 6.07) is 12.7. The first-order valence-corrected chi connectivity index (χ1v) is 6.63. The van der Waals surface area contributed by atoms with E-state index in [2.05, 4.69) is 5.16 Å². The molecule has 0 unspecified atom stereocenters. The fourth-order valence-corrected chi connectivity index (χ4v) is 1.88. The molecule has 110 valence electrons. The van der Waals surface area contributed by atoms with Gasteiger partial charge in [-0.3, -0.25) is 0 Å². The molecule has 5 heteroatoms. The van der Waals surface area contributed by atoms with E-state index in [1.165, 1.54) is 0 Å². The van der Waals surface area contributed by atoms with Crippen LogP contribution in [0, 0.1) is 6.92 Å². The number of ether oxygens (including phenoxy) is 2. The average molecular weight is 286 g/mol. The largest absolute Gasteiger partial charge is 0.494 e. The van der Waals surface area contributed by atoms with Crippen molar-refractivity contribution in [3.63, 3.8) is 0 Å². The molecule has 2 rings (SSSR count). The molecule has 2 aromatic carbocycles. The molecule has 21 heavy (non-hydrogen) atoms. The van der Waals surface area contributed by atoms with Crippen molar-refractivity contribution in [3.8, 4) is 17.2 Å². The van der Waals surface area contributed by atoms with E-state index in [4.69, 9.17) is 20.4 Å². The molecule has 0 atom stereocenters. The van der Waals surface area contributed by atoms with E-state index in [1.54, 1.807) is 6.07 Å².